The molecule has 1 aliphatic carbocycles. The number of amides is 1. The van der Waals surface area contributed by atoms with Gasteiger partial charge in [0, 0.05) is 30.3 Å². The minimum atomic E-state index is -2.85. The molecule has 7 heteroatoms. The van der Waals surface area contributed by atoms with Gasteiger partial charge in [0.1, 0.15) is 11.9 Å². The number of halogens is 3. The molecule has 1 aromatic carbocycles. The summed E-state index contributed by atoms with van der Waals surface area (Å²) in [7, 11) is 1.47. The molecule has 0 saturated carbocycles. The van der Waals surface area contributed by atoms with Gasteiger partial charge in [-0.3, -0.25) is 9.48 Å². The Bertz CT molecular complexity index is 829. The van der Waals surface area contributed by atoms with E-state index in [0.29, 0.717) is 5.69 Å². The second-order valence-corrected chi connectivity index (χ2v) is 7.04. The molecule has 1 amide bonds. The van der Waals surface area contributed by atoms with Crippen LogP contribution in [0.4, 0.5) is 18.9 Å². The third kappa shape index (κ3) is 2.71. The van der Waals surface area contributed by atoms with E-state index in [0.717, 1.165) is 11.1 Å². The zero-order valence-corrected chi connectivity index (χ0v) is 14.5. The van der Waals surface area contributed by atoms with Gasteiger partial charge >= 0.3 is 0 Å². The van der Waals surface area contributed by atoms with Crippen LogP contribution in [0.5, 0.6) is 0 Å². The highest BCUT2D eigenvalue weighted by atomic mass is 19.3. The van der Waals surface area contributed by atoms with Crippen molar-refractivity contribution in [2.45, 2.75) is 44.7 Å². The van der Waals surface area contributed by atoms with Gasteiger partial charge in [-0.1, -0.05) is 32.9 Å². The van der Waals surface area contributed by atoms with E-state index in [1.165, 1.54) is 17.9 Å². The fourth-order valence-electron chi connectivity index (χ4n) is 3.68. The Morgan fingerprint density at radius 1 is 1.36 bits per heavy atom. The van der Waals surface area contributed by atoms with Crippen molar-refractivity contribution in [2.24, 2.45) is 7.05 Å². The van der Waals surface area contributed by atoms with Gasteiger partial charge < -0.3 is 5.32 Å². The maximum atomic E-state index is 14.7. The van der Waals surface area contributed by atoms with Crippen molar-refractivity contribution in [1.29, 1.82) is 0 Å². The summed E-state index contributed by atoms with van der Waals surface area (Å²) >= 11 is 0. The molecule has 25 heavy (non-hydrogen) atoms. The molecule has 2 aromatic rings. The Balaban J connectivity index is 1.99. The number of carbonyl (C=O) groups excluding carboxylic acids is 1. The Kier molecular flexibility index (Phi) is 4.13. The average Bonchev–Trinajstić information content (AvgIpc) is 3.02. The van der Waals surface area contributed by atoms with Crippen molar-refractivity contribution in [3.8, 4) is 0 Å². The van der Waals surface area contributed by atoms with Crippen molar-refractivity contribution < 1.29 is 18.0 Å². The quantitative estimate of drug-likeness (QED) is 0.894. The predicted octanol–water partition coefficient (Wildman–Crippen LogP) is 4.34. The number of nitrogens with zero attached hydrogens (tertiary/aromatic N) is 2. The molecule has 134 valence electrons. The first-order valence-electron chi connectivity index (χ1n) is 8.05. The molecule has 1 heterocycles. The minimum absolute atomic E-state index is 0.184. The van der Waals surface area contributed by atoms with Gasteiger partial charge in [0.25, 0.3) is 12.3 Å². The lowest BCUT2D eigenvalue weighted by molar-refractivity contribution is 0.101. The summed E-state index contributed by atoms with van der Waals surface area (Å²) in [4.78, 5) is 12.5. The first-order valence-corrected chi connectivity index (χ1v) is 8.05. The fourth-order valence-corrected chi connectivity index (χ4v) is 3.68. The number of aromatic nitrogens is 2. The van der Waals surface area contributed by atoms with Crippen molar-refractivity contribution >= 4 is 11.6 Å². The van der Waals surface area contributed by atoms with E-state index in [1.54, 1.807) is 19.1 Å². The van der Waals surface area contributed by atoms with Crippen LogP contribution in [0.3, 0.4) is 0 Å². The molecular formula is C18H20F3N3O. The molecular weight excluding hydrogens is 331 g/mol. The Morgan fingerprint density at radius 3 is 2.68 bits per heavy atom. The van der Waals surface area contributed by atoms with E-state index in [-0.39, 0.29) is 5.56 Å². The second kappa shape index (κ2) is 5.89. The zero-order chi connectivity index (χ0) is 18.5. The van der Waals surface area contributed by atoms with Crippen molar-refractivity contribution in [2.75, 3.05) is 5.32 Å². The summed E-state index contributed by atoms with van der Waals surface area (Å²) in [5.74, 6) is -1.07. The Hall–Kier alpha value is -2.31. The molecule has 0 fully saturated rings. The van der Waals surface area contributed by atoms with Crippen LogP contribution in [0.25, 0.3) is 0 Å². The van der Waals surface area contributed by atoms with E-state index in [9.17, 15) is 18.0 Å². The van der Waals surface area contributed by atoms with Crippen molar-refractivity contribution in [1.82, 2.24) is 9.78 Å². The maximum Gasteiger partial charge on any atom is 0.282 e. The highest BCUT2D eigenvalue weighted by Gasteiger charge is 2.46. The van der Waals surface area contributed by atoms with Crippen LogP contribution in [-0.2, 0) is 12.5 Å². The Morgan fingerprint density at radius 2 is 2.04 bits per heavy atom. The van der Waals surface area contributed by atoms with E-state index in [4.69, 9.17) is 0 Å². The second-order valence-electron chi connectivity index (χ2n) is 7.04. The van der Waals surface area contributed by atoms with E-state index >= 15 is 0 Å². The maximum absolute atomic E-state index is 14.7. The number of rotatable bonds is 3. The van der Waals surface area contributed by atoms with Crippen LogP contribution >= 0.6 is 0 Å². The molecule has 1 aromatic heterocycles. The third-order valence-corrected chi connectivity index (χ3v) is 4.94. The van der Waals surface area contributed by atoms with E-state index in [2.05, 4.69) is 10.4 Å². The number of anilines is 1. The topological polar surface area (TPSA) is 46.9 Å². The molecule has 0 aliphatic heterocycles. The molecule has 4 nitrogen and oxygen atoms in total. The number of nitrogens with one attached hydrogen (secondary N) is 1. The number of benzene rings is 1. The molecule has 1 unspecified atom stereocenters. The predicted molar refractivity (Wildman–Crippen MR) is 88.9 cm³/mol. The summed E-state index contributed by atoms with van der Waals surface area (Å²) in [5.41, 5.74) is 0.576. The highest BCUT2D eigenvalue weighted by Crippen LogP contribution is 2.50. The van der Waals surface area contributed by atoms with E-state index in [1.807, 2.05) is 19.9 Å². The van der Waals surface area contributed by atoms with Crippen LogP contribution in [-0.4, -0.2) is 21.9 Å². The number of aryl methyl sites for hydroxylation is 1. The molecule has 0 radical (unpaired) electrons. The zero-order valence-electron chi connectivity index (χ0n) is 14.5. The van der Waals surface area contributed by atoms with Crippen molar-refractivity contribution in [3.05, 3.63) is 46.8 Å². The fraction of sp³-hybridized carbons (Fsp3) is 0.444. The molecule has 1 aliphatic rings. The van der Waals surface area contributed by atoms with Gasteiger partial charge in [-0.25, -0.2) is 13.2 Å². The first-order chi connectivity index (χ1) is 11.6. The Labute approximate surface area is 144 Å². The largest absolute Gasteiger partial charge is 0.322 e. The number of carbonyl (C=O) groups is 1. The molecule has 2 atom stereocenters. The standard InChI is InChI=1S/C18H20F3N3O/c1-9-13-11(18(2,3)15(9)19)6-5-7-12(13)22-17(25)10-8-24(4)23-14(10)16(20)21/h5-9,15-16H,1-4H3,(H,22,25)/t9-,15?/m1/s1. The molecule has 1 N–H and O–H groups in total. The SMILES string of the molecule is C[C@@H]1c2c(NC(=O)c3cn(C)nc3C(F)F)cccc2C(C)(C)C1F. The van der Waals surface area contributed by atoms with Crippen molar-refractivity contribution in [3.63, 3.8) is 0 Å². The van der Waals surface area contributed by atoms with Gasteiger partial charge in [-0.2, -0.15) is 5.10 Å². The number of alkyl halides is 3. The summed E-state index contributed by atoms with van der Waals surface area (Å²) in [6, 6.07) is 5.24. The monoisotopic (exact) mass is 351 g/mol. The molecule has 3 rings (SSSR count). The van der Waals surface area contributed by atoms with Crippen LogP contribution in [0.15, 0.2) is 24.4 Å². The van der Waals surface area contributed by atoms with Gasteiger partial charge in [0.15, 0.2) is 0 Å². The normalized spacial score (nSPS) is 21.4. The summed E-state index contributed by atoms with van der Waals surface area (Å²) < 4.78 is 42.0. The van der Waals surface area contributed by atoms with Gasteiger partial charge in [0.05, 0.1) is 5.56 Å². The van der Waals surface area contributed by atoms with Gasteiger partial charge in [-0.15, -0.1) is 0 Å². The lowest BCUT2D eigenvalue weighted by Crippen LogP contribution is -2.26. The van der Waals surface area contributed by atoms with Crippen LogP contribution in [0.2, 0.25) is 0 Å². The van der Waals surface area contributed by atoms with Gasteiger partial charge in [0.2, 0.25) is 0 Å². The first kappa shape index (κ1) is 17.5. The highest BCUT2D eigenvalue weighted by molar-refractivity contribution is 6.05. The number of hydrogen-bond donors (Lipinski definition) is 1. The molecule has 0 saturated heterocycles. The molecule has 0 spiro atoms. The summed E-state index contributed by atoms with van der Waals surface area (Å²) in [6.07, 6.45) is -2.68. The van der Waals surface area contributed by atoms with E-state index < -0.39 is 35.5 Å². The van der Waals surface area contributed by atoms with Crippen LogP contribution < -0.4 is 5.32 Å². The number of fused-ring (bicyclic) bond motifs is 1. The lowest BCUT2D eigenvalue weighted by Gasteiger charge is -2.23. The number of hydrogen-bond acceptors (Lipinski definition) is 2. The third-order valence-electron chi connectivity index (χ3n) is 4.94. The minimum Gasteiger partial charge on any atom is -0.322 e. The molecule has 0 bridgehead atoms. The smallest absolute Gasteiger partial charge is 0.282 e. The summed E-state index contributed by atoms with van der Waals surface area (Å²) in [5, 5.41) is 6.30. The average molecular weight is 351 g/mol. The summed E-state index contributed by atoms with van der Waals surface area (Å²) in [6.45, 7) is 5.41. The van der Waals surface area contributed by atoms with Crippen LogP contribution in [0, 0.1) is 0 Å². The lowest BCUT2D eigenvalue weighted by atomic mass is 9.84. The van der Waals surface area contributed by atoms with Crippen LogP contribution in [0.1, 0.15) is 60.3 Å². The van der Waals surface area contributed by atoms with Gasteiger partial charge in [-0.05, 0) is 17.2 Å².